The normalized spacial score (nSPS) is 10.6. The van der Waals surface area contributed by atoms with Gasteiger partial charge in [0.1, 0.15) is 5.65 Å². The molecule has 0 unspecified atom stereocenters. The number of nitrogens with one attached hydrogen (secondary N) is 1. The topological polar surface area (TPSA) is 33.0 Å². The SMILES string of the molecule is [C-]#[N+]Cc1cccc(Cc2cnc3[nH]cc(C)c3c2)c1. The number of aromatic nitrogens is 2. The number of aromatic amines is 1. The molecule has 0 saturated heterocycles. The second kappa shape index (κ2) is 5.18. The molecule has 1 aromatic carbocycles. The number of H-pyrrole nitrogens is 1. The van der Waals surface area contributed by atoms with E-state index in [0.29, 0.717) is 6.54 Å². The summed E-state index contributed by atoms with van der Waals surface area (Å²) in [5, 5.41) is 1.18. The van der Waals surface area contributed by atoms with Gasteiger partial charge in [-0.05, 0) is 42.2 Å². The van der Waals surface area contributed by atoms with Crippen LogP contribution in [0.15, 0.2) is 42.7 Å². The van der Waals surface area contributed by atoms with Crippen LogP contribution in [0.1, 0.15) is 22.3 Å². The molecule has 0 fully saturated rings. The van der Waals surface area contributed by atoms with Crippen molar-refractivity contribution in [1.82, 2.24) is 9.97 Å². The number of pyridine rings is 1. The first-order chi connectivity index (χ1) is 9.76. The summed E-state index contributed by atoms with van der Waals surface area (Å²) >= 11 is 0. The molecule has 98 valence electrons. The Kier molecular flexibility index (Phi) is 3.22. The van der Waals surface area contributed by atoms with E-state index in [1.54, 1.807) is 0 Å². The van der Waals surface area contributed by atoms with Crippen LogP contribution in [-0.2, 0) is 13.0 Å². The van der Waals surface area contributed by atoms with Gasteiger partial charge in [0.2, 0.25) is 6.54 Å². The van der Waals surface area contributed by atoms with Gasteiger partial charge >= 0.3 is 0 Å². The van der Waals surface area contributed by atoms with E-state index in [1.165, 1.54) is 22.1 Å². The highest BCUT2D eigenvalue weighted by Gasteiger charge is 2.04. The quantitative estimate of drug-likeness (QED) is 0.713. The maximum Gasteiger partial charge on any atom is 0.239 e. The Bertz CT molecular complexity index is 793. The summed E-state index contributed by atoms with van der Waals surface area (Å²) in [6.07, 6.45) is 4.75. The maximum absolute atomic E-state index is 6.94. The van der Waals surface area contributed by atoms with Crippen molar-refractivity contribution in [2.45, 2.75) is 19.9 Å². The van der Waals surface area contributed by atoms with Gasteiger partial charge in [0.25, 0.3) is 0 Å². The highest BCUT2D eigenvalue weighted by atomic mass is 14.8. The lowest BCUT2D eigenvalue weighted by molar-refractivity contribution is 1.14. The Labute approximate surface area is 118 Å². The Hall–Kier alpha value is -2.60. The average Bonchev–Trinajstić information content (AvgIpc) is 2.81. The van der Waals surface area contributed by atoms with E-state index < -0.39 is 0 Å². The third-order valence-electron chi connectivity index (χ3n) is 3.46. The minimum absolute atomic E-state index is 0.446. The predicted octanol–water partition coefficient (Wildman–Crippen LogP) is 3.88. The fraction of sp³-hybridized carbons (Fsp3) is 0.176. The molecule has 3 aromatic rings. The molecule has 0 saturated carbocycles. The molecule has 0 amide bonds. The smallest absolute Gasteiger partial charge is 0.239 e. The summed E-state index contributed by atoms with van der Waals surface area (Å²) in [4.78, 5) is 11.0. The van der Waals surface area contributed by atoms with Crippen molar-refractivity contribution >= 4 is 11.0 Å². The minimum Gasteiger partial charge on any atom is -0.346 e. The lowest BCUT2D eigenvalue weighted by Gasteiger charge is -2.03. The Morgan fingerprint density at radius 1 is 1.20 bits per heavy atom. The van der Waals surface area contributed by atoms with Crippen LogP contribution < -0.4 is 0 Å². The summed E-state index contributed by atoms with van der Waals surface area (Å²) < 4.78 is 0. The maximum atomic E-state index is 6.94. The zero-order valence-electron chi connectivity index (χ0n) is 11.4. The van der Waals surface area contributed by atoms with Gasteiger partial charge in [-0.2, -0.15) is 0 Å². The highest BCUT2D eigenvalue weighted by Crippen LogP contribution is 2.19. The standard InChI is InChI=1S/C17H15N3/c1-12-9-19-17-16(12)8-15(11-20-17)7-13-4-3-5-14(6-13)10-18-2/h3-6,8-9,11H,7,10H2,1H3,(H,19,20). The molecule has 20 heavy (non-hydrogen) atoms. The van der Waals surface area contributed by atoms with Gasteiger partial charge in [-0.3, -0.25) is 0 Å². The molecule has 0 aliphatic carbocycles. The first-order valence-corrected chi connectivity index (χ1v) is 6.60. The number of hydrogen-bond acceptors (Lipinski definition) is 1. The summed E-state index contributed by atoms with van der Waals surface area (Å²) in [5.74, 6) is 0. The molecule has 0 spiro atoms. The number of aryl methyl sites for hydroxylation is 1. The second-order valence-electron chi connectivity index (χ2n) is 5.02. The van der Waals surface area contributed by atoms with E-state index in [2.05, 4.69) is 39.9 Å². The molecule has 3 nitrogen and oxygen atoms in total. The van der Waals surface area contributed by atoms with E-state index >= 15 is 0 Å². The van der Waals surface area contributed by atoms with Crippen LogP contribution in [0.25, 0.3) is 15.9 Å². The molecular formula is C17H15N3. The van der Waals surface area contributed by atoms with Crippen LogP contribution >= 0.6 is 0 Å². The molecule has 2 aromatic heterocycles. The molecule has 1 N–H and O–H groups in total. The van der Waals surface area contributed by atoms with Crippen molar-refractivity contribution in [3.63, 3.8) is 0 Å². The summed E-state index contributed by atoms with van der Waals surface area (Å²) in [5.41, 5.74) is 5.65. The van der Waals surface area contributed by atoms with Crippen molar-refractivity contribution in [3.05, 3.63) is 76.4 Å². The Morgan fingerprint density at radius 2 is 2.05 bits per heavy atom. The Balaban J connectivity index is 1.90. The summed E-state index contributed by atoms with van der Waals surface area (Å²) in [6.45, 7) is 9.47. The molecule has 0 radical (unpaired) electrons. The van der Waals surface area contributed by atoms with Gasteiger partial charge in [0.05, 0.1) is 0 Å². The number of fused-ring (bicyclic) bond motifs is 1. The van der Waals surface area contributed by atoms with E-state index in [-0.39, 0.29) is 0 Å². The van der Waals surface area contributed by atoms with Gasteiger partial charge in [0.15, 0.2) is 0 Å². The largest absolute Gasteiger partial charge is 0.346 e. The predicted molar refractivity (Wildman–Crippen MR) is 80.4 cm³/mol. The second-order valence-corrected chi connectivity index (χ2v) is 5.02. The van der Waals surface area contributed by atoms with E-state index in [4.69, 9.17) is 6.57 Å². The molecule has 0 atom stereocenters. The van der Waals surface area contributed by atoms with Crippen molar-refractivity contribution in [1.29, 1.82) is 0 Å². The van der Waals surface area contributed by atoms with Crippen molar-refractivity contribution in [2.75, 3.05) is 0 Å². The highest BCUT2D eigenvalue weighted by molar-refractivity contribution is 5.79. The zero-order chi connectivity index (χ0) is 13.9. The van der Waals surface area contributed by atoms with E-state index in [9.17, 15) is 0 Å². The molecule has 3 heteroatoms. The summed E-state index contributed by atoms with van der Waals surface area (Å²) in [6, 6.07) is 10.4. The fourth-order valence-corrected chi connectivity index (χ4v) is 2.44. The number of nitrogens with zero attached hydrogens (tertiary/aromatic N) is 2. The molecular weight excluding hydrogens is 246 g/mol. The van der Waals surface area contributed by atoms with Gasteiger partial charge in [-0.25, -0.2) is 11.6 Å². The van der Waals surface area contributed by atoms with E-state index in [1.807, 2.05) is 24.5 Å². The van der Waals surface area contributed by atoms with Crippen LogP contribution in [0.2, 0.25) is 0 Å². The number of rotatable bonds is 3. The third kappa shape index (κ3) is 2.41. The monoisotopic (exact) mass is 261 g/mol. The lowest BCUT2D eigenvalue weighted by atomic mass is 10.0. The van der Waals surface area contributed by atoms with Crippen LogP contribution in [0, 0.1) is 13.5 Å². The van der Waals surface area contributed by atoms with Gasteiger partial charge in [-0.15, -0.1) is 0 Å². The molecule has 0 aliphatic heterocycles. The minimum atomic E-state index is 0.446. The summed E-state index contributed by atoms with van der Waals surface area (Å²) in [7, 11) is 0. The number of benzene rings is 1. The van der Waals surface area contributed by atoms with Crippen molar-refractivity contribution in [2.24, 2.45) is 0 Å². The molecule has 2 heterocycles. The first kappa shape index (κ1) is 12.4. The average molecular weight is 261 g/mol. The Morgan fingerprint density at radius 3 is 2.90 bits per heavy atom. The molecule has 0 aliphatic rings. The number of hydrogen-bond donors (Lipinski definition) is 1. The lowest BCUT2D eigenvalue weighted by Crippen LogP contribution is -1.91. The van der Waals surface area contributed by atoms with Crippen molar-refractivity contribution < 1.29 is 0 Å². The third-order valence-corrected chi connectivity index (χ3v) is 3.46. The van der Waals surface area contributed by atoms with Gasteiger partial charge in [0, 0.05) is 23.3 Å². The van der Waals surface area contributed by atoms with Crippen LogP contribution in [0.4, 0.5) is 0 Å². The van der Waals surface area contributed by atoms with Crippen LogP contribution in [-0.4, -0.2) is 9.97 Å². The van der Waals surface area contributed by atoms with Gasteiger partial charge in [-0.1, -0.05) is 18.2 Å². The van der Waals surface area contributed by atoms with Crippen molar-refractivity contribution in [3.8, 4) is 0 Å². The van der Waals surface area contributed by atoms with E-state index in [0.717, 1.165) is 17.6 Å². The fourth-order valence-electron chi connectivity index (χ4n) is 2.44. The first-order valence-electron chi connectivity index (χ1n) is 6.60. The molecule has 3 rings (SSSR count). The van der Waals surface area contributed by atoms with Crippen LogP contribution in [0.5, 0.6) is 0 Å². The van der Waals surface area contributed by atoms with Crippen LogP contribution in [0.3, 0.4) is 0 Å². The zero-order valence-corrected chi connectivity index (χ0v) is 11.4. The molecule has 0 bridgehead atoms. The van der Waals surface area contributed by atoms with Gasteiger partial charge < -0.3 is 9.83 Å².